The predicted molar refractivity (Wildman–Crippen MR) is 82.4 cm³/mol. The van der Waals surface area contributed by atoms with E-state index >= 15 is 0 Å². The molecule has 0 bridgehead atoms. The Morgan fingerprint density at radius 1 is 1.33 bits per heavy atom. The molecule has 1 aromatic carbocycles. The molecule has 2 fully saturated rings. The van der Waals surface area contributed by atoms with Gasteiger partial charge in [0.2, 0.25) is 5.91 Å². The smallest absolute Gasteiger partial charge is 0.233 e. The largest absolute Gasteiger partial charge is 0.381 e. The number of rotatable bonds is 2. The first-order valence-electron chi connectivity index (χ1n) is 7.51. The highest BCUT2D eigenvalue weighted by molar-refractivity contribution is 6.31. The van der Waals surface area contributed by atoms with E-state index in [-0.39, 0.29) is 11.9 Å². The van der Waals surface area contributed by atoms with Crippen molar-refractivity contribution < 1.29 is 9.53 Å². The Morgan fingerprint density at radius 3 is 2.67 bits per heavy atom. The first-order chi connectivity index (χ1) is 10.1. The summed E-state index contributed by atoms with van der Waals surface area (Å²) >= 11 is 6.39. The molecule has 21 heavy (non-hydrogen) atoms. The van der Waals surface area contributed by atoms with Crippen LogP contribution in [-0.2, 0) is 14.9 Å². The fourth-order valence-electron chi connectivity index (χ4n) is 3.44. The number of likely N-dealkylation sites (tertiary alicyclic amines) is 1. The van der Waals surface area contributed by atoms with Gasteiger partial charge in [0, 0.05) is 37.4 Å². The molecule has 5 heteroatoms. The van der Waals surface area contributed by atoms with E-state index in [1.165, 1.54) is 0 Å². The first-order valence-corrected chi connectivity index (χ1v) is 7.89. The quantitative estimate of drug-likeness (QED) is 0.908. The minimum Gasteiger partial charge on any atom is -0.381 e. The van der Waals surface area contributed by atoms with Gasteiger partial charge in [-0.05, 0) is 30.9 Å². The molecular weight excluding hydrogens is 288 g/mol. The third kappa shape index (κ3) is 2.68. The van der Waals surface area contributed by atoms with Gasteiger partial charge in [-0.1, -0.05) is 29.8 Å². The lowest BCUT2D eigenvalue weighted by molar-refractivity contribution is -0.140. The summed E-state index contributed by atoms with van der Waals surface area (Å²) in [5.41, 5.74) is 6.34. The van der Waals surface area contributed by atoms with Crippen molar-refractivity contribution in [2.45, 2.75) is 30.7 Å². The minimum atomic E-state index is -0.555. The number of carbonyl (C=O) groups is 1. The van der Waals surface area contributed by atoms with Crippen LogP contribution >= 0.6 is 11.6 Å². The van der Waals surface area contributed by atoms with Crippen molar-refractivity contribution in [1.29, 1.82) is 0 Å². The molecule has 1 amide bonds. The summed E-state index contributed by atoms with van der Waals surface area (Å²) in [6.45, 7) is 2.58. The van der Waals surface area contributed by atoms with Crippen LogP contribution in [-0.4, -0.2) is 43.2 Å². The van der Waals surface area contributed by atoms with Crippen LogP contribution in [0.25, 0.3) is 0 Å². The number of halogens is 1. The molecule has 0 radical (unpaired) electrons. The van der Waals surface area contributed by atoms with Gasteiger partial charge in [0.15, 0.2) is 0 Å². The Bertz CT molecular complexity index is 529. The summed E-state index contributed by atoms with van der Waals surface area (Å²) in [5, 5.41) is 0.663. The van der Waals surface area contributed by atoms with Crippen LogP contribution in [0, 0.1) is 0 Å². The molecule has 0 saturated carbocycles. The average Bonchev–Trinajstić information content (AvgIpc) is 2.94. The van der Waals surface area contributed by atoms with Crippen molar-refractivity contribution in [2.75, 3.05) is 26.3 Å². The molecule has 1 aromatic rings. The zero-order valence-electron chi connectivity index (χ0n) is 12.1. The lowest BCUT2D eigenvalue weighted by Gasteiger charge is -2.39. The van der Waals surface area contributed by atoms with Gasteiger partial charge in [-0.25, -0.2) is 0 Å². The molecule has 114 valence electrons. The number of hydrogen-bond acceptors (Lipinski definition) is 3. The van der Waals surface area contributed by atoms with E-state index in [0.29, 0.717) is 37.6 Å². The van der Waals surface area contributed by atoms with Crippen LogP contribution in [0.1, 0.15) is 24.8 Å². The van der Waals surface area contributed by atoms with Gasteiger partial charge in [-0.3, -0.25) is 4.79 Å². The molecule has 2 heterocycles. The minimum absolute atomic E-state index is 0.0945. The maximum atomic E-state index is 13.2. The molecule has 0 spiro atoms. The van der Waals surface area contributed by atoms with Crippen molar-refractivity contribution in [2.24, 2.45) is 5.73 Å². The topological polar surface area (TPSA) is 55.6 Å². The van der Waals surface area contributed by atoms with Crippen LogP contribution in [0.4, 0.5) is 0 Å². The summed E-state index contributed by atoms with van der Waals surface area (Å²) in [5.74, 6) is 0.159. The van der Waals surface area contributed by atoms with E-state index in [9.17, 15) is 4.79 Å². The second-order valence-corrected chi connectivity index (χ2v) is 6.38. The summed E-state index contributed by atoms with van der Waals surface area (Å²) in [6, 6.07) is 7.77. The van der Waals surface area contributed by atoms with Gasteiger partial charge < -0.3 is 15.4 Å². The normalized spacial score (nSPS) is 25.0. The number of nitrogens with two attached hydrogens (primary N) is 1. The maximum absolute atomic E-state index is 13.2. The SMILES string of the molecule is N[C@H]1CCN(C(=O)C2(c3ccccc3Cl)CCOCC2)C1. The highest BCUT2D eigenvalue weighted by atomic mass is 35.5. The molecule has 0 aliphatic carbocycles. The first kappa shape index (κ1) is 14.8. The Kier molecular flexibility index (Phi) is 4.20. The summed E-state index contributed by atoms with van der Waals surface area (Å²) < 4.78 is 5.48. The standard InChI is InChI=1S/C16H21ClN2O2/c17-14-4-2-1-3-13(14)16(6-9-21-10-7-16)15(20)19-8-5-12(18)11-19/h1-4,12H,5-11,18H2/t12-/m0/s1. The molecule has 2 aliphatic rings. The fraction of sp³-hybridized carbons (Fsp3) is 0.562. The average molecular weight is 309 g/mol. The number of hydrogen-bond donors (Lipinski definition) is 1. The van der Waals surface area contributed by atoms with E-state index in [1.54, 1.807) is 0 Å². The molecule has 0 unspecified atom stereocenters. The van der Waals surface area contributed by atoms with Crippen molar-refractivity contribution in [3.05, 3.63) is 34.9 Å². The van der Waals surface area contributed by atoms with Crippen molar-refractivity contribution in [3.63, 3.8) is 0 Å². The van der Waals surface area contributed by atoms with E-state index in [4.69, 9.17) is 22.1 Å². The second kappa shape index (κ2) is 5.95. The van der Waals surface area contributed by atoms with Gasteiger partial charge in [-0.2, -0.15) is 0 Å². The van der Waals surface area contributed by atoms with E-state index < -0.39 is 5.41 Å². The van der Waals surface area contributed by atoms with E-state index in [2.05, 4.69) is 0 Å². The van der Waals surface area contributed by atoms with Crippen molar-refractivity contribution in [1.82, 2.24) is 4.90 Å². The van der Waals surface area contributed by atoms with Gasteiger partial charge in [0.05, 0.1) is 5.41 Å². The molecule has 3 rings (SSSR count). The Labute approximate surface area is 130 Å². The lowest BCUT2D eigenvalue weighted by atomic mass is 9.73. The van der Waals surface area contributed by atoms with Crippen LogP contribution in [0.5, 0.6) is 0 Å². The predicted octanol–water partition coefficient (Wildman–Crippen LogP) is 1.95. The van der Waals surface area contributed by atoms with Gasteiger partial charge >= 0.3 is 0 Å². The molecule has 2 saturated heterocycles. The molecule has 2 N–H and O–H groups in total. The number of carbonyl (C=O) groups excluding carboxylic acids is 1. The Hall–Kier alpha value is -1.10. The number of benzene rings is 1. The van der Waals surface area contributed by atoms with Crippen LogP contribution < -0.4 is 5.73 Å². The van der Waals surface area contributed by atoms with Crippen molar-refractivity contribution in [3.8, 4) is 0 Å². The third-order valence-electron chi connectivity index (χ3n) is 4.66. The Morgan fingerprint density at radius 2 is 2.05 bits per heavy atom. The van der Waals surface area contributed by atoms with Crippen molar-refractivity contribution >= 4 is 17.5 Å². The van der Waals surface area contributed by atoms with Gasteiger partial charge in [0.1, 0.15) is 0 Å². The third-order valence-corrected chi connectivity index (χ3v) is 4.99. The Balaban J connectivity index is 1.97. The summed E-state index contributed by atoms with van der Waals surface area (Å²) in [4.78, 5) is 15.1. The second-order valence-electron chi connectivity index (χ2n) is 5.97. The summed E-state index contributed by atoms with van der Waals surface area (Å²) in [6.07, 6.45) is 2.24. The van der Waals surface area contributed by atoms with Crippen LogP contribution in [0.3, 0.4) is 0 Å². The highest BCUT2D eigenvalue weighted by Crippen LogP contribution is 2.40. The molecule has 4 nitrogen and oxygen atoms in total. The maximum Gasteiger partial charge on any atom is 0.233 e. The molecule has 1 atom stereocenters. The number of nitrogens with zero attached hydrogens (tertiary/aromatic N) is 1. The van der Waals surface area contributed by atoms with Crippen LogP contribution in [0.2, 0.25) is 5.02 Å². The zero-order chi connectivity index (χ0) is 14.9. The molecule has 2 aliphatic heterocycles. The van der Waals surface area contributed by atoms with E-state index in [0.717, 1.165) is 18.5 Å². The van der Waals surface area contributed by atoms with Gasteiger partial charge in [0.25, 0.3) is 0 Å². The summed E-state index contributed by atoms with van der Waals surface area (Å²) in [7, 11) is 0. The molecular formula is C16H21ClN2O2. The van der Waals surface area contributed by atoms with E-state index in [1.807, 2.05) is 29.2 Å². The lowest BCUT2D eigenvalue weighted by Crippen LogP contribution is -2.49. The molecule has 0 aromatic heterocycles. The monoisotopic (exact) mass is 308 g/mol. The zero-order valence-corrected chi connectivity index (χ0v) is 12.8. The number of ether oxygens (including phenoxy) is 1. The fourth-order valence-corrected chi connectivity index (χ4v) is 3.76. The van der Waals surface area contributed by atoms with Crippen LogP contribution in [0.15, 0.2) is 24.3 Å². The highest BCUT2D eigenvalue weighted by Gasteiger charge is 2.46. The number of amides is 1. The van der Waals surface area contributed by atoms with Gasteiger partial charge in [-0.15, -0.1) is 0 Å².